The Labute approximate surface area is 144 Å². The largest absolute Gasteiger partial charge is 0.364 e. The van der Waals surface area contributed by atoms with Crippen LogP contribution in [0.1, 0.15) is 19.5 Å². The van der Waals surface area contributed by atoms with Crippen LogP contribution >= 0.6 is 11.3 Å². The fourth-order valence-corrected chi connectivity index (χ4v) is 3.30. The number of rotatable bonds is 8. The van der Waals surface area contributed by atoms with Crippen molar-refractivity contribution in [2.24, 2.45) is 0 Å². The SMILES string of the molecule is CCOC(CNc1ncnc2sccc12)(OCC)c1ccccn1. The van der Waals surface area contributed by atoms with Gasteiger partial charge in [-0.25, -0.2) is 9.97 Å². The Balaban J connectivity index is 1.90. The molecule has 0 radical (unpaired) electrons. The molecule has 0 aliphatic rings. The van der Waals surface area contributed by atoms with Crippen molar-refractivity contribution in [3.8, 4) is 0 Å². The number of pyridine rings is 1. The lowest BCUT2D eigenvalue weighted by Gasteiger charge is -2.33. The molecular weight excluding hydrogens is 324 g/mol. The number of nitrogens with zero attached hydrogens (tertiary/aromatic N) is 3. The monoisotopic (exact) mass is 344 g/mol. The summed E-state index contributed by atoms with van der Waals surface area (Å²) in [4.78, 5) is 14.0. The zero-order chi connectivity index (χ0) is 16.8. The Morgan fingerprint density at radius 3 is 2.62 bits per heavy atom. The highest BCUT2D eigenvalue weighted by atomic mass is 32.1. The van der Waals surface area contributed by atoms with E-state index in [4.69, 9.17) is 9.47 Å². The summed E-state index contributed by atoms with van der Waals surface area (Å²) in [5.41, 5.74) is 0.733. The van der Waals surface area contributed by atoms with Gasteiger partial charge in [0.15, 0.2) is 0 Å². The minimum Gasteiger partial charge on any atom is -0.364 e. The lowest BCUT2D eigenvalue weighted by molar-refractivity contribution is -0.235. The van der Waals surface area contributed by atoms with Gasteiger partial charge in [0, 0.05) is 19.4 Å². The second kappa shape index (κ2) is 7.65. The smallest absolute Gasteiger partial charge is 0.230 e. The van der Waals surface area contributed by atoms with Crippen molar-refractivity contribution in [1.82, 2.24) is 15.0 Å². The molecule has 3 rings (SSSR count). The van der Waals surface area contributed by atoms with Crippen LogP contribution in [0.5, 0.6) is 0 Å². The highest BCUT2D eigenvalue weighted by molar-refractivity contribution is 7.16. The highest BCUT2D eigenvalue weighted by Gasteiger charge is 2.35. The molecule has 6 nitrogen and oxygen atoms in total. The molecule has 0 bridgehead atoms. The molecule has 0 aliphatic carbocycles. The molecule has 0 spiro atoms. The number of fused-ring (bicyclic) bond motifs is 1. The first-order valence-electron chi connectivity index (χ1n) is 7.90. The Hall–Kier alpha value is -2.09. The molecule has 3 heterocycles. The van der Waals surface area contributed by atoms with Crippen molar-refractivity contribution in [2.75, 3.05) is 25.1 Å². The van der Waals surface area contributed by atoms with Gasteiger partial charge < -0.3 is 14.8 Å². The molecule has 0 atom stereocenters. The molecule has 3 aromatic heterocycles. The lowest BCUT2D eigenvalue weighted by Crippen LogP contribution is -2.41. The Bertz CT molecular complexity index is 772. The number of nitrogens with one attached hydrogen (secondary N) is 1. The molecule has 24 heavy (non-hydrogen) atoms. The Morgan fingerprint density at radius 1 is 1.08 bits per heavy atom. The molecule has 0 saturated carbocycles. The maximum atomic E-state index is 5.98. The zero-order valence-electron chi connectivity index (χ0n) is 13.7. The highest BCUT2D eigenvalue weighted by Crippen LogP contribution is 2.29. The van der Waals surface area contributed by atoms with Gasteiger partial charge in [-0.05, 0) is 37.4 Å². The van der Waals surface area contributed by atoms with Crippen LogP contribution in [-0.4, -0.2) is 34.7 Å². The number of thiophene rings is 1. The first-order chi connectivity index (χ1) is 11.8. The van der Waals surface area contributed by atoms with Gasteiger partial charge in [-0.15, -0.1) is 11.3 Å². The van der Waals surface area contributed by atoms with E-state index < -0.39 is 5.79 Å². The second-order valence-electron chi connectivity index (χ2n) is 5.05. The van der Waals surface area contributed by atoms with E-state index in [9.17, 15) is 0 Å². The van der Waals surface area contributed by atoms with Crippen LogP contribution in [0, 0.1) is 0 Å². The standard InChI is InChI=1S/C17H20N4O2S/c1-3-22-17(23-4-2,14-7-5-6-9-18-14)11-19-15-13-8-10-24-16(13)21-12-20-15/h5-10,12H,3-4,11H2,1-2H3,(H,19,20,21). The molecule has 126 valence electrons. The predicted octanol–water partition coefficient (Wildman–Crippen LogP) is 3.42. The maximum Gasteiger partial charge on any atom is 0.230 e. The Kier molecular flexibility index (Phi) is 5.34. The third-order valence-corrected chi connectivity index (χ3v) is 4.38. The van der Waals surface area contributed by atoms with E-state index in [2.05, 4.69) is 20.3 Å². The van der Waals surface area contributed by atoms with Gasteiger partial charge in [-0.2, -0.15) is 0 Å². The van der Waals surface area contributed by atoms with Gasteiger partial charge in [-0.1, -0.05) is 6.07 Å². The second-order valence-corrected chi connectivity index (χ2v) is 5.94. The number of hydrogen-bond donors (Lipinski definition) is 1. The third kappa shape index (κ3) is 3.38. The van der Waals surface area contributed by atoms with Gasteiger partial charge in [0.2, 0.25) is 5.79 Å². The van der Waals surface area contributed by atoms with Crippen LogP contribution in [0.3, 0.4) is 0 Å². The minimum absolute atomic E-state index is 0.396. The first kappa shape index (κ1) is 16.8. The number of aromatic nitrogens is 3. The summed E-state index contributed by atoms with van der Waals surface area (Å²) in [6.45, 7) is 5.30. The van der Waals surface area contributed by atoms with Gasteiger partial charge in [-0.3, -0.25) is 4.98 Å². The van der Waals surface area contributed by atoms with E-state index in [1.54, 1.807) is 23.9 Å². The molecular formula is C17H20N4O2S. The van der Waals surface area contributed by atoms with E-state index in [-0.39, 0.29) is 0 Å². The van der Waals surface area contributed by atoms with E-state index in [1.807, 2.05) is 43.5 Å². The third-order valence-electron chi connectivity index (χ3n) is 3.56. The fraction of sp³-hybridized carbons (Fsp3) is 0.353. The summed E-state index contributed by atoms with van der Waals surface area (Å²) >= 11 is 1.59. The van der Waals surface area contributed by atoms with Crippen molar-refractivity contribution in [1.29, 1.82) is 0 Å². The number of hydrogen-bond acceptors (Lipinski definition) is 7. The average molecular weight is 344 g/mol. The molecule has 3 aromatic rings. The molecule has 0 saturated heterocycles. The van der Waals surface area contributed by atoms with E-state index in [0.717, 1.165) is 21.7 Å². The molecule has 7 heteroatoms. The zero-order valence-corrected chi connectivity index (χ0v) is 14.5. The average Bonchev–Trinajstić information content (AvgIpc) is 3.10. The normalized spacial score (nSPS) is 11.8. The number of anilines is 1. The summed E-state index contributed by atoms with van der Waals surface area (Å²) in [6, 6.07) is 7.72. The molecule has 0 aliphatic heterocycles. The topological polar surface area (TPSA) is 69.2 Å². The number of ether oxygens (including phenoxy) is 2. The predicted molar refractivity (Wildman–Crippen MR) is 95.1 cm³/mol. The van der Waals surface area contributed by atoms with Gasteiger partial charge >= 0.3 is 0 Å². The van der Waals surface area contributed by atoms with Crippen molar-refractivity contribution in [3.63, 3.8) is 0 Å². The quantitative estimate of drug-likeness (QED) is 0.632. The van der Waals surface area contributed by atoms with Crippen LogP contribution in [0.25, 0.3) is 10.2 Å². The summed E-state index contributed by atoms with van der Waals surface area (Å²) in [5.74, 6) is -0.195. The van der Waals surface area contributed by atoms with Crippen molar-refractivity contribution in [3.05, 3.63) is 47.9 Å². The lowest BCUT2D eigenvalue weighted by atomic mass is 10.1. The summed E-state index contributed by atoms with van der Waals surface area (Å²) in [5, 5.41) is 6.34. The molecule has 0 aromatic carbocycles. The molecule has 0 amide bonds. The van der Waals surface area contributed by atoms with Crippen molar-refractivity contribution >= 4 is 27.4 Å². The van der Waals surface area contributed by atoms with Crippen LogP contribution < -0.4 is 5.32 Å². The van der Waals surface area contributed by atoms with E-state index in [0.29, 0.717) is 19.8 Å². The van der Waals surface area contributed by atoms with Crippen LogP contribution in [0.15, 0.2) is 42.2 Å². The molecule has 1 N–H and O–H groups in total. The summed E-state index contributed by atoms with van der Waals surface area (Å²) in [7, 11) is 0. The minimum atomic E-state index is -0.960. The van der Waals surface area contributed by atoms with Crippen molar-refractivity contribution < 1.29 is 9.47 Å². The van der Waals surface area contributed by atoms with Crippen LogP contribution in [0.2, 0.25) is 0 Å². The van der Waals surface area contributed by atoms with Crippen LogP contribution in [-0.2, 0) is 15.3 Å². The first-order valence-corrected chi connectivity index (χ1v) is 8.78. The van der Waals surface area contributed by atoms with Gasteiger partial charge in [0.05, 0.1) is 11.9 Å². The van der Waals surface area contributed by atoms with Crippen LogP contribution in [0.4, 0.5) is 5.82 Å². The Morgan fingerprint density at radius 2 is 1.92 bits per heavy atom. The van der Waals surface area contributed by atoms with E-state index in [1.165, 1.54) is 0 Å². The fourth-order valence-electron chi connectivity index (χ4n) is 2.57. The van der Waals surface area contributed by atoms with Gasteiger partial charge in [0.1, 0.15) is 22.7 Å². The summed E-state index contributed by atoms with van der Waals surface area (Å²) < 4.78 is 12.0. The maximum absolute atomic E-state index is 5.98. The molecule has 0 fully saturated rings. The summed E-state index contributed by atoms with van der Waals surface area (Å²) in [6.07, 6.45) is 3.30. The van der Waals surface area contributed by atoms with E-state index >= 15 is 0 Å². The molecule has 0 unspecified atom stereocenters. The van der Waals surface area contributed by atoms with Crippen molar-refractivity contribution in [2.45, 2.75) is 19.6 Å². The van der Waals surface area contributed by atoms with Gasteiger partial charge in [0.25, 0.3) is 0 Å².